The summed E-state index contributed by atoms with van der Waals surface area (Å²) in [4.78, 5) is 10.5. The number of rotatable bonds is 2. The molecule has 2 N–H and O–H groups in total. The van der Waals surface area contributed by atoms with Gasteiger partial charge >= 0.3 is 5.97 Å². The fraction of sp³-hybridized carbons (Fsp3) is 0.300. The van der Waals surface area contributed by atoms with E-state index < -0.39 is 17.9 Å². The average molecular weight is 198 g/mol. The molecule has 0 heterocycles. The first-order valence-electron chi connectivity index (χ1n) is 4.11. The molecule has 14 heavy (non-hydrogen) atoms. The summed E-state index contributed by atoms with van der Waals surface area (Å²) in [6, 6.07) is 2.57. The second kappa shape index (κ2) is 3.75. The summed E-state index contributed by atoms with van der Waals surface area (Å²) in [5.74, 6) is -1.89. The van der Waals surface area contributed by atoms with E-state index in [1.807, 2.05) is 0 Å². The first kappa shape index (κ1) is 10.7. The van der Waals surface area contributed by atoms with E-state index in [1.165, 1.54) is 6.07 Å². The van der Waals surface area contributed by atoms with Gasteiger partial charge in [-0.05, 0) is 36.6 Å². The van der Waals surface area contributed by atoms with Crippen LogP contribution in [-0.4, -0.2) is 16.2 Å². The number of aliphatic carboxylic acids is 1. The van der Waals surface area contributed by atoms with Crippen LogP contribution in [0.2, 0.25) is 0 Å². The van der Waals surface area contributed by atoms with Gasteiger partial charge in [-0.15, -0.1) is 0 Å². The number of aliphatic hydroxyl groups excluding tert-OH is 1. The Balaban J connectivity index is 3.22. The maximum atomic E-state index is 13.1. The number of carboxylic acid groups (broad SMARTS) is 1. The second-order valence-corrected chi connectivity index (χ2v) is 3.20. The summed E-state index contributed by atoms with van der Waals surface area (Å²) in [5, 5.41) is 17.8. The molecule has 0 fully saturated rings. The number of aryl methyl sites for hydroxylation is 2. The van der Waals surface area contributed by atoms with Gasteiger partial charge in [0.1, 0.15) is 5.82 Å². The molecule has 3 nitrogen and oxygen atoms in total. The summed E-state index contributed by atoms with van der Waals surface area (Å²) >= 11 is 0. The lowest BCUT2D eigenvalue weighted by atomic mass is 10.0. The molecule has 1 aromatic rings. The van der Waals surface area contributed by atoms with Gasteiger partial charge in [0, 0.05) is 0 Å². The van der Waals surface area contributed by atoms with Crippen LogP contribution in [0.3, 0.4) is 0 Å². The molecule has 0 amide bonds. The van der Waals surface area contributed by atoms with Gasteiger partial charge < -0.3 is 10.2 Å². The van der Waals surface area contributed by atoms with Crippen molar-refractivity contribution in [2.24, 2.45) is 0 Å². The van der Waals surface area contributed by atoms with Crippen molar-refractivity contribution in [3.63, 3.8) is 0 Å². The summed E-state index contributed by atoms with van der Waals surface area (Å²) in [6.07, 6.45) is -1.66. The van der Waals surface area contributed by atoms with Crippen LogP contribution in [0, 0.1) is 19.7 Å². The number of carboxylic acids is 1. The van der Waals surface area contributed by atoms with E-state index >= 15 is 0 Å². The fourth-order valence-electron chi connectivity index (χ4n) is 1.27. The van der Waals surface area contributed by atoms with Crippen molar-refractivity contribution in [2.45, 2.75) is 20.0 Å². The van der Waals surface area contributed by atoms with Crippen LogP contribution in [0.15, 0.2) is 12.1 Å². The molecule has 76 valence electrons. The lowest BCUT2D eigenvalue weighted by Gasteiger charge is -2.10. The average Bonchev–Trinajstić information content (AvgIpc) is 2.10. The minimum absolute atomic E-state index is 0.0978. The molecule has 1 rings (SSSR count). The van der Waals surface area contributed by atoms with Crippen LogP contribution in [0.5, 0.6) is 0 Å². The Kier molecular flexibility index (Phi) is 2.86. The molecular weight excluding hydrogens is 187 g/mol. The molecule has 0 aromatic heterocycles. The Morgan fingerprint density at radius 1 is 1.36 bits per heavy atom. The monoisotopic (exact) mass is 198 g/mol. The van der Waals surface area contributed by atoms with E-state index in [9.17, 15) is 14.3 Å². The zero-order chi connectivity index (χ0) is 10.9. The summed E-state index contributed by atoms with van der Waals surface area (Å²) in [7, 11) is 0. The van der Waals surface area contributed by atoms with Gasteiger partial charge in [-0.2, -0.15) is 0 Å². The Morgan fingerprint density at radius 3 is 2.43 bits per heavy atom. The lowest BCUT2D eigenvalue weighted by molar-refractivity contribution is -0.147. The van der Waals surface area contributed by atoms with E-state index in [-0.39, 0.29) is 5.56 Å². The fourth-order valence-corrected chi connectivity index (χ4v) is 1.27. The van der Waals surface area contributed by atoms with Crippen molar-refractivity contribution in [1.29, 1.82) is 0 Å². The van der Waals surface area contributed by atoms with Crippen LogP contribution in [0.25, 0.3) is 0 Å². The van der Waals surface area contributed by atoms with Crippen LogP contribution in [0.4, 0.5) is 4.39 Å². The van der Waals surface area contributed by atoms with Gasteiger partial charge in [0.15, 0.2) is 6.10 Å². The molecule has 0 aliphatic rings. The minimum atomic E-state index is -1.66. The van der Waals surface area contributed by atoms with Crippen LogP contribution >= 0.6 is 0 Å². The number of hydrogen-bond acceptors (Lipinski definition) is 2. The number of aliphatic hydroxyl groups is 1. The Morgan fingerprint density at radius 2 is 1.93 bits per heavy atom. The number of halogens is 1. The van der Waals surface area contributed by atoms with Gasteiger partial charge in [0.25, 0.3) is 0 Å². The highest BCUT2D eigenvalue weighted by Gasteiger charge is 2.19. The minimum Gasteiger partial charge on any atom is -0.479 e. The quantitative estimate of drug-likeness (QED) is 0.758. The van der Waals surface area contributed by atoms with Crippen molar-refractivity contribution in [1.82, 2.24) is 0 Å². The van der Waals surface area contributed by atoms with Gasteiger partial charge in [-0.1, -0.05) is 6.07 Å². The van der Waals surface area contributed by atoms with Crippen molar-refractivity contribution in [3.05, 3.63) is 34.6 Å². The van der Waals surface area contributed by atoms with Gasteiger partial charge in [-0.3, -0.25) is 0 Å². The van der Waals surface area contributed by atoms with E-state index in [2.05, 4.69) is 0 Å². The third-order valence-corrected chi connectivity index (χ3v) is 2.08. The highest BCUT2D eigenvalue weighted by atomic mass is 19.1. The lowest BCUT2D eigenvalue weighted by Crippen LogP contribution is -2.12. The topological polar surface area (TPSA) is 57.5 Å². The molecule has 0 aliphatic carbocycles. The van der Waals surface area contributed by atoms with Crippen molar-refractivity contribution in [3.8, 4) is 0 Å². The molecule has 0 radical (unpaired) electrons. The van der Waals surface area contributed by atoms with Gasteiger partial charge in [-0.25, -0.2) is 9.18 Å². The third kappa shape index (κ3) is 1.90. The summed E-state index contributed by atoms with van der Waals surface area (Å²) in [6.45, 7) is 3.22. The van der Waals surface area contributed by atoms with E-state index in [0.717, 1.165) is 6.07 Å². The smallest absolute Gasteiger partial charge is 0.337 e. The molecule has 0 saturated carbocycles. The number of hydrogen-bond donors (Lipinski definition) is 2. The predicted molar refractivity (Wildman–Crippen MR) is 48.5 cm³/mol. The zero-order valence-corrected chi connectivity index (χ0v) is 7.91. The Bertz CT molecular complexity index is 374. The van der Waals surface area contributed by atoms with Crippen molar-refractivity contribution < 1.29 is 19.4 Å². The summed E-state index contributed by atoms with van der Waals surface area (Å²) in [5.41, 5.74) is 1.10. The number of benzene rings is 1. The third-order valence-electron chi connectivity index (χ3n) is 2.08. The van der Waals surface area contributed by atoms with E-state index in [0.29, 0.717) is 11.1 Å². The first-order chi connectivity index (χ1) is 6.43. The maximum Gasteiger partial charge on any atom is 0.337 e. The molecule has 0 saturated heterocycles. The van der Waals surface area contributed by atoms with Gasteiger partial charge in [0.05, 0.1) is 0 Å². The molecule has 1 atom stereocenters. The molecule has 1 unspecified atom stereocenters. The number of carbonyl (C=O) groups is 1. The Hall–Kier alpha value is -1.42. The van der Waals surface area contributed by atoms with Crippen LogP contribution in [-0.2, 0) is 4.79 Å². The molecule has 0 bridgehead atoms. The summed E-state index contributed by atoms with van der Waals surface area (Å²) < 4.78 is 13.1. The zero-order valence-electron chi connectivity index (χ0n) is 7.91. The Labute approximate surface area is 80.8 Å². The van der Waals surface area contributed by atoms with Crippen molar-refractivity contribution >= 4 is 5.97 Å². The van der Waals surface area contributed by atoms with Gasteiger partial charge in [0.2, 0.25) is 0 Å². The standard InChI is InChI=1S/C10H11FO3/c1-5-3-6(2)8(11)4-7(5)9(12)10(13)14/h3-4,9,12H,1-2H3,(H,13,14). The maximum absolute atomic E-state index is 13.1. The molecule has 0 aliphatic heterocycles. The predicted octanol–water partition coefficient (Wildman–Crippen LogP) is 1.56. The highest BCUT2D eigenvalue weighted by Crippen LogP contribution is 2.21. The largest absolute Gasteiger partial charge is 0.479 e. The molecule has 1 aromatic carbocycles. The van der Waals surface area contributed by atoms with Crippen LogP contribution < -0.4 is 0 Å². The second-order valence-electron chi connectivity index (χ2n) is 3.20. The van der Waals surface area contributed by atoms with Crippen molar-refractivity contribution in [2.75, 3.05) is 0 Å². The first-order valence-corrected chi connectivity index (χ1v) is 4.11. The van der Waals surface area contributed by atoms with Crippen LogP contribution in [0.1, 0.15) is 22.8 Å². The normalized spacial score (nSPS) is 12.6. The van der Waals surface area contributed by atoms with E-state index in [4.69, 9.17) is 5.11 Å². The SMILES string of the molecule is Cc1cc(C)c(C(O)C(=O)O)cc1F. The molecule has 4 heteroatoms. The van der Waals surface area contributed by atoms with E-state index in [1.54, 1.807) is 13.8 Å². The highest BCUT2D eigenvalue weighted by molar-refractivity contribution is 5.74. The molecular formula is C10H11FO3. The molecule has 0 spiro atoms.